The van der Waals surface area contributed by atoms with Crippen LogP contribution in [-0.2, 0) is 6.54 Å². The lowest BCUT2D eigenvalue weighted by molar-refractivity contribution is 0.201. The number of carbonyl (C=O) groups is 1. The molecule has 112 valence electrons. The highest BCUT2D eigenvalue weighted by Crippen LogP contribution is 2.07. The summed E-state index contributed by atoms with van der Waals surface area (Å²) in [5.74, 6) is 0. The molecule has 2 aromatic heterocycles. The predicted octanol–water partition coefficient (Wildman–Crippen LogP) is 1.40. The van der Waals surface area contributed by atoms with Gasteiger partial charge in [-0.15, -0.1) is 0 Å². The van der Waals surface area contributed by atoms with Crippen molar-refractivity contribution in [3.8, 4) is 0 Å². The van der Waals surface area contributed by atoms with Gasteiger partial charge in [-0.3, -0.25) is 10.1 Å². The third-order valence-corrected chi connectivity index (χ3v) is 2.93. The van der Waals surface area contributed by atoms with E-state index in [1.165, 1.54) is 0 Å². The summed E-state index contributed by atoms with van der Waals surface area (Å²) >= 11 is 0. The average molecular weight is 288 g/mol. The van der Waals surface area contributed by atoms with E-state index in [0.29, 0.717) is 18.8 Å². The number of hydrogen-bond acceptors (Lipinski definition) is 4. The molecule has 0 radical (unpaired) electrons. The zero-order valence-corrected chi connectivity index (χ0v) is 12.3. The van der Waals surface area contributed by atoms with E-state index in [9.17, 15) is 4.79 Å². The molecule has 2 amide bonds. The normalized spacial score (nSPS) is 10.6. The zero-order valence-electron chi connectivity index (χ0n) is 12.3. The van der Waals surface area contributed by atoms with E-state index < -0.39 is 0 Å². The fourth-order valence-corrected chi connectivity index (χ4v) is 1.78. The molecule has 0 aliphatic carbocycles. The third-order valence-electron chi connectivity index (χ3n) is 2.93. The van der Waals surface area contributed by atoms with Gasteiger partial charge in [-0.1, -0.05) is 6.07 Å². The Labute approximate surface area is 124 Å². The van der Waals surface area contributed by atoms with E-state index >= 15 is 0 Å². The van der Waals surface area contributed by atoms with E-state index in [4.69, 9.17) is 0 Å². The summed E-state index contributed by atoms with van der Waals surface area (Å²) in [6.45, 7) is 1.87. The Kier molecular flexibility index (Phi) is 5.28. The number of nitrogens with one attached hydrogen (secondary N) is 2. The van der Waals surface area contributed by atoms with Gasteiger partial charge in [0.1, 0.15) is 0 Å². The van der Waals surface area contributed by atoms with Crippen molar-refractivity contribution in [3.63, 3.8) is 0 Å². The molecule has 0 aromatic carbocycles. The monoisotopic (exact) mass is 288 g/mol. The minimum atomic E-state index is -0.163. The van der Waals surface area contributed by atoms with Crippen molar-refractivity contribution in [2.45, 2.75) is 6.54 Å². The van der Waals surface area contributed by atoms with Crippen molar-refractivity contribution < 1.29 is 4.79 Å². The molecule has 21 heavy (non-hydrogen) atoms. The number of rotatable bonds is 6. The lowest BCUT2D eigenvalue weighted by atomic mass is 10.3. The number of pyridine rings is 1. The molecule has 2 N–H and O–H groups in total. The maximum atomic E-state index is 12.4. The first-order valence-electron chi connectivity index (χ1n) is 6.74. The number of carbonyl (C=O) groups excluding carboxylic acids is 1. The predicted molar refractivity (Wildman–Crippen MR) is 80.8 cm³/mol. The Balaban J connectivity index is 2.02. The SMILES string of the molecule is CN(C)CCN(Cc1ccccn1)C(=O)Nc1cn[nH]c1. The fraction of sp³-hybridized carbons (Fsp3) is 0.357. The summed E-state index contributed by atoms with van der Waals surface area (Å²) in [7, 11) is 3.96. The quantitative estimate of drug-likeness (QED) is 0.842. The van der Waals surface area contributed by atoms with Crippen molar-refractivity contribution in [3.05, 3.63) is 42.5 Å². The lowest BCUT2D eigenvalue weighted by Crippen LogP contribution is -2.39. The molecule has 0 saturated heterocycles. The summed E-state index contributed by atoms with van der Waals surface area (Å²) in [5, 5.41) is 9.30. The van der Waals surface area contributed by atoms with Gasteiger partial charge in [0.25, 0.3) is 0 Å². The summed E-state index contributed by atoms with van der Waals surface area (Å²) in [6, 6.07) is 5.52. The first-order chi connectivity index (χ1) is 10.1. The van der Waals surface area contributed by atoms with Crippen LogP contribution >= 0.6 is 0 Å². The topological polar surface area (TPSA) is 77.2 Å². The standard InChI is InChI=1S/C14H20N6O/c1-19(2)7-8-20(11-12-5-3-4-6-15-12)14(21)18-13-9-16-17-10-13/h3-6,9-10H,7-8,11H2,1-2H3,(H,16,17)(H,18,21). The molecule has 7 nitrogen and oxygen atoms in total. The van der Waals surface area contributed by atoms with Crippen LogP contribution in [-0.4, -0.2) is 58.2 Å². The van der Waals surface area contributed by atoms with Crippen LogP contribution in [0.15, 0.2) is 36.8 Å². The van der Waals surface area contributed by atoms with Crippen molar-refractivity contribution in [2.75, 3.05) is 32.5 Å². The van der Waals surface area contributed by atoms with Crippen LogP contribution in [0.1, 0.15) is 5.69 Å². The van der Waals surface area contributed by atoms with E-state index in [-0.39, 0.29) is 6.03 Å². The Morgan fingerprint density at radius 2 is 2.19 bits per heavy atom. The number of hydrogen-bond donors (Lipinski definition) is 2. The Morgan fingerprint density at radius 1 is 1.33 bits per heavy atom. The molecule has 2 heterocycles. The van der Waals surface area contributed by atoms with E-state index in [0.717, 1.165) is 12.2 Å². The second kappa shape index (κ2) is 7.39. The summed E-state index contributed by atoms with van der Waals surface area (Å²) in [5.41, 5.74) is 1.51. The van der Waals surface area contributed by atoms with E-state index in [2.05, 4.69) is 20.5 Å². The van der Waals surface area contributed by atoms with Crippen LogP contribution in [0.2, 0.25) is 0 Å². The summed E-state index contributed by atoms with van der Waals surface area (Å²) < 4.78 is 0. The van der Waals surface area contributed by atoms with Gasteiger partial charge < -0.3 is 15.1 Å². The maximum Gasteiger partial charge on any atom is 0.322 e. The van der Waals surface area contributed by atoms with Gasteiger partial charge in [0.2, 0.25) is 0 Å². The molecule has 2 aromatic rings. The molecule has 0 aliphatic heterocycles. The number of anilines is 1. The third kappa shape index (κ3) is 4.88. The van der Waals surface area contributed by atoms with Crippen molar-refractivity contribution in [2.24, 2.45) is 0 Å². The van der Waals surface area contributed by atoms with Crippen molar-refractivity contribution in [1.82, 2.24) is 25.0 Å². The van der Waals surface area contributed by atoms with Crippen molar-refractivity contribution in [1.29, 1.82) is 0 Å². The van der Waals surface area contributed by atoms with Gasteiger partial charge >= 0.3 is 6.03 Å². The fourth-order valence-electron chi connectivity index (χ4n) is 1.78. The molecule has 0 spiro atoms. The molecule has 2 rings (SSSR count). The maximum absolute atomic E-state index is 12.4. The number of urea groups is 1. The van der Waals surface area contributed by atoms with Gasteiger partial charge in [-0.2, -0.15) is 5.10 Å². The molecule has 0 fully saturated rings. The number of amides is 2. The average Bonchev–Trinajstić information content (AvgIpc) is 2.97. The van der Waals surface area contributed by atoms with Gasteiger partial charge in [0.15, 0.2) is 0 Å². The smallest absolute Gasteiger partial charge is 0.317 e. The van der Waals surface area contributed by atoms with E-state index in [1.807, 2.05) is 37.2 Å². The molecule has 0 saturated carbocycles. The Hall–Kier alpha value is -2.41. The van der Waals surface area contributed by atoms with E-state index in [1.54, 1.807) is 23.5 Å². The molecule has 0 unspecified atom stereocenters. The Bertz CT molecular complexity index is 540. The summed E-state index contributed by atoms with van der Waals surface area (Å²) in [4.78, 5) is 20.4. The van der Waals surface area contributed by atoms with Gasteiger partial charge in [0.05, 0.1) is 24.1 Å². The van der Waals surface area contributed by atoms with Crippen LogP contribution in [0.3, 0.4) is 0 Å². The second-order valence-corrected chi connectivity index (χ2v) is 4.96. The first-order valence-corrected chi connectivity index (χ1v) is 6.74. The highest BCUT2D eigenvalue weighted by molar-refractivity contribution is 5.88. The molecule has 7 heteroatoms. The number of aromatic nitrogens is 3. The largest absolute Gasteiger partial charge is 0.322 e. The molecule has 0 atom stereocenters. The highest BCUT2D eigenvalue weighted by atomic mass is 16.2. The number of likely N-dealkylation sites (N-methyl/N-ethyl adjacent to an activating group) is 1. The number of nitrogens with zero attached hydrogens (tertiary/aromatic N) is 4. The van der Waals surface area contributed by atoms with Crippen LogP contribution in [0.25, 0.3) is 0 Å². The Morgan fingerprint density at radius 3 is 2.81 bits per heavy atom. The minimum absolute atomic E-state index is 0.163. The second-order valence-electron chi connectivity index (χ2n) is 4.96. The number of aromatic amines is 1. The van der Waals surface area contributed by atoms with Gasteiger partial charge in [-0.05, 0) is 26.2 Å². The van der Waals surface area contributed by atoms with Crippen LogP contribution < -0.4 is 5.32 Å². The minimum Gasteiger partial charge on any atom is -0.317 e. The molecule has 0 bridgehead atoms. The van der Waals surface area contributed by atoms with Crippen LogP contribution in [0.5, 0.6) is 0 Å². The molecule has 0 aliphatic rings. The van der Waals surface area contributed by atoms with Crippen LogP contribution in [0.4, 0.5) is 10.5 Å². The van der Waals surface area contributed by atoms with Gasteiger partial charge in [-0.25, -0.2) is 4.79 Å². The highest BCUT2D eigenvalue weighted by Gasteiger charge is 2.15. The zero-order chi connectivity index (χ0) is 15.1. The van der Waals surface area contributed by atoms with Crippen molar-refractivity contribution >= 4 is 11.7 Å². The number of H-pyrrole nitrogens is 1. The van der Waals surface area contributed by atoms with Gasteiger partial charge in [0, 0.05) is 25.5 Å². The first kappa shape index (κ1) is 15.0. The molecular formula is C14H20N6O. The summed E-state index contributed by atoms with van der Waals surface area (Å²) in [6.07, 6.45) is 4.94. The molecular weight excluding hydrogens is 268 g/mol. The van der Waals surface area contributed by atoms with Crippen LogP contribution in [0, 0.1) is 0 Å². The lowest BCUT2D eigenvalue weighted by Gasteiger charge is -2.24.